The van der Waals surface area contributed by atoms with Gasteiger partial charge in [-0.25, -0.2) is 0 Å². The molecule has 2 aliphatic heterocycles. The van der Waals surface area contributed by atoms with Crippen molar-refractivity contribution in [1.29, 1.82) is 0 Å². The van der Waals surface area contributed by atoms with Gasteiger partial charge in [-0.15, -0.1) is 10.2 Å². The molecule has 4 heterocycles. The number of carbonyl (C=O) groups excluding carboxylic acids is 1. The fourth-order valence-corrected chi connectivity index (χ4v) is 3.68. The first kappa shape index (κ1) is 16.3. The highest BCUT2D eigenvalue weighted by Gasteiger charge is 2.30. The maximum absolute atomic E-state index is 12.7. The zero-order valence-corrected chi connectivity index (χ0v) is 14.6. The number of piperidine rings is 1. The van der Waals surface area contributed by atoms with E-state index in [1.54, 1.807) is 10.8 Å². The topological polar surface area (TPSA) is 75.9 Å². The van der Waals surface area contributed by atoms with Crippen LogP contribution >= 0.6 is 0 Å². The summed E-state index contributed by atoms with van der Waals surface area (Å²) in [5, 5.41) is 12.7. The fraction of sp³-hybridized carbons (Fsp3) is 0.647. The molecule has 4 rings (SSSR count). The number of ether oxygens (including phenoxy) is 1. The summed E-state index contributed by atoms with van der Waals surface area (Å²) >= 11 is 0. The summed E-state index contributed by atoms with van der Waals surface area (Å²) < 4.78 is 7.09. The van der Waals surface area contributed by atoms with Gasteiger partial charge in [0.2, 0.25) is 11.6 Å². The van der Waals surface area contributed by atoms with E-state index in [0.29, 0.717) is 19.1 Å². The molecule has 2 saturated heterocycles. The third kappa shape index (κ3) is 3.18. The Bertz CT molecular complexity index is 747. The predicted molar refractivity (Wildman–Crippen MR) is 92.5 cm³/mol. The summed E-state index contributed by atoms with van der Waals surface area (Å²) in [5.74, 6) is 0.412. The second kappa shape index (κ2) is 6.95. The first-order chi connectivity index (χ1) is 12.3. The van der Waals surface area contributed by atoms with Crippen molar-refractivity contribution >= 4 is 17.2 Å². The number of rotatable bonds is 3. The van der Waals surface area contributed by atoms with Gasteiger partial charge in [0.25, 0.3) is 0 Å². The molecule has 25 heavy (non-hydrogen) atoms. The maximum atomic E-state index is 12.7. The molecule has 2 aliphatic rings. The second-order valence-electron chi connectivity index (χ2n) is 6.67. The molecule has 8 nitrogen and oxygen atoms in total. The van der Waals surface area contributed by atoms with E-state index < -0.39 is 0 Å². The Balaban J connectivity index is 1.47. The Labute approximate surface area is 146 Å². The summed E-state index contributed by atoms with van der Waals surface area (Å²) in [6.45, 7) is 6.58. The highest BCUT2D eigenvalue weighted by Crippen LogP contribution is 2.27. The van der Waals surface area contributed by atoms with Crippen LogP contribution in [-0.4, -0.2) is 70.0 Å². The Kier molecular flexibility index (Phi) is 4.52. The normalized spacial score (nSPS) is 19.6. The van der Waals surface area contributed by atoms with Crippen LogP contribution < -0.4 is 4.90 Å². The molecule has 0 atom stereocenters. The van der Waals surface area contributed by atoms with Crippen molar-refractivity contribution in [3.8, 4) is 0 Å². The number of amides is 1. The number of hydrogen-bond acceptors (Lipinski definition) is 6. The summed E-state index contributed by atoms with van der Waals surface area (Å²) in [5.41, 5.74) is 2.88. The molecule has 2 aromatic heterocycles. The van der Waals surface area contributed by atoms with E-state index >= 15 is 0 Å². The number of morpholine rings is 1. The molecular weight excluding hydrogens is 320 g/mol. The van der Waals surface area contributed by atoms with E-state index in [1.165, 1.54) is 0 Å². The Morgan fingerprint density at radius 2 is 2.00 bits per heavy atom. The number of aromatic nitrogens is 4. The summed E-state index contributed by atoms with van der Waals surface area (Å²) in [4.78, 5) is 17.0. The van der Waals surface area contributed by atoms with Gasteiger partial charge >= 0.3 is 0 Å². The minimum absolute atomic E-state index is 0.121. The molecule has 0 bridgehead atoms. The average molecular weight is 344 g/mol. The van der Waals surface area contributed by atoms with Crippen LogP contribution in [0, 0.1) is 5.92 Å². The summed E-state index contributed by atoms with van der Waals surface area (Å²) in [7, 11) is 0. The monoisotopic (exact) mass is 344 g/mol. The highest BCUT2D eigenvalue weighted by atomic mass is 16.5. The third-order valence-electron chi connectivity index (χ3n) is 5.17. The van der Waals surface area contributed by atoms with Gasteiger partial charge in [-0.2, -0.15) is 9.61 Å². The van der Waals surface area contributed by atoms with Gasteiger partial charge in [-0.3, -0.25) is 4.79 Å². The average Bonchev–Trinajstić information content (AvgIpc) is 3.16. The molecule has 0 saturated carbocycles. The van der Waals surface area contributed by atoms with Crippen LogP contribution in [0.1, 0.15) is 25.5 Å². The lowest BCUT2D eigenvalue weighted by atomic mass is 9.94. The van der Waals surface area contributed by atoms with E-state index in [2.05, 4.69) is 33.2 Å². The molecule has 0 aromatic carbocycles. The van der Waals surface area contributed by atoms with E-state index in [0.717, 1.165) is 62.5 Å². The third-order valence-corrected chi connectivity index (χ3v) is 5.17. The first-order valence-electron chi connectivity index (χ1n) is 9.07. The Morgan fingerprint density at radius 3 is 2.72 bits per heavy atom. The van der Waals surface area contributed by atoms with Gasteiger partial charge in [0.15, 0.2) is 0 Å². The summed E-state index contributed by atoms with van der Waals surface area (Å²) in [6, 6.07) is 2.11. The molecule has 1 amide bonds. The standard InChI is InChI=1S/C17H24N6O2/c1-2-14-11-15(16-19-18-12-23(16)20-14)21-5-3-13(4-6-21)17(24)22-7-9-25-10-8-22/h11-13H,2-10H2,1H3. The van der Waals surface area contributed by atoms with Gasteiger partial charge in [0.05, 0.1) is 24.6 Å². The molecule has 0 spiro atoms. The van der Waals surface area contributed by atoms with Crippen LogP contribution in [0.3, 0.4) is 0 Å². The van der Waals surface area contributed by atoms with E-state index in [-0.39, 0.29) is 5.92 Å². The number of carbonyl (C=O) groups is 1. The predicted octanol–water partition coefficient (Wildman–Crippen LogP) is 0.762. The molecule has 0 N–H and O–H groups in total. The molecule has 2 fully saturated rings. The SMILES string of the molecule is CCc1cc(N2CCC(C(=O)N3CCOCC3)CC2)c2nncn2n1. The molecule has 0 unspecified atom stereocenters. The van der Waals surface area contributed by atoms with Crippen molar-refractivity contribution in [1.82, 2.24) is 24.7 Å². The number of aryl methyl sites for hydroxylation is 1. The largest absolute Gasteiger partial charge is 0.378 e. The van der Waals surface area contributed by atoms with Crippen LogP contribution in [0.25, 0.3) is 5.65 Å². The molecule has 2 aromatic rings. The van der Waals surface area contributed by atoms with Gasteiger partial charge in [-0.05, 0) is 25.3 Å². The van der Waals surface area contributed by atoms with Gasteiger partial charge in [0, 0.05) is 32.1 Å². The van der Waals surface area contributed by atoms with Crippen molar-refractivity contribution in [3.05, 3.63) is 18.1 Å². The van der Waals surface area contributed by atoms with E-state index in [9.17, 15) is 4.79 Å². The lowest BCUT2D eigenvalue weighted by Crippen LogP contribution is -2.46. The van der Waals surface area contributed by atoms with Crippen molar-refractivity contribution in [2.45, 2.75) is 26.2 Å². The minimum Gasteiger partial charge on any atom is -0.378 e. The van der Waals surface area contributed by atoms with Crippen LogP contribution in [0.2, 0.25) is 0 Å². The maximum Gasteiger partial charge on any atom is 0.225 e. The number of hydrogen-bond donors (Lipinski definition) is 0. The van der Waals surface area contributed by atoms with Crippen molar-refractivity contribution in [2.75, 3.05) is 44.3 Å². The van der Waals surface area contributed by atoms with Gasteiger partial charge in [-0.1, -0.05) is 6.92 Å². The zero-order chi connectivity index (χ0) is 17.2. The van der Waals surface area contributed by atoms with Gasteiger partial charge < -0.3 is 14.5 Å². The number of nitrogens with zero attached hydrogens (tertiary/aromatic N) is 6. The minimum atomic E-state index is 0.121. The van der Waals surface area contributed by atoms with Crippen LogP contribution in [0.4, 0.5) is 5.69 Å². The van der Waals surface area contributed by atoms with Crippen LogP contribution in [0.15, 0.2) is 12.4 Å². The molecule has 0 radical (unpaired) electrons. The quantitative estimate of drug-likeness (QED) is 0.818. The zero-order valence-electron chi connectivity index (χ0n) is 14.6. The van der Waals surface area contributed by atoms with E-state index in [1.807, 2.05) is 4.90 Å². The number of fused-ring (bicyclic) bond motifs is 1. The highest BCUT2D eigenvalue weighted by molar-refractivity contribution is 5.79. The van der Waals surface area contributed by atoms with Crippen LogP contribution in [0.5, 0.6) is 0 Å². The second-order valence-corrected chi connectivity index (χ2v) is 6.67. The first-order valence-corrected chi connectivity index (χ1v) is 9.07. The van der Waals surface area contributed by atoms with Crippen molar-refractivity contribution in [3.63, 3.8) is 0 Å². The van der Waals surface area contributed by atoms with Crippen molar-refractivity contribution < 1.29 is 9.53 Å². The molecular formula is C17H24N6O2. The number of anilines is 1. The van der Waals surface area contributed by atoms with Gasteiger partial charge in [0.1, 0.15) is 6.33 Å². The Hall–Kier alpha value is -2.22. The van der Waals surface area contributed by atoms with Crippen LogP contribution in [-0.2, 0) is 16.0 Å². The molecule has 8 heteroatoms. The van der Waals surface area contributed by atoms with Crippen molar-refractivity contribution in [2.24, 2.45) is 5.92 Å². The lowest BCUT2D eigenvalue weighted by molar-refractivity contribution is -0.140. The lowest BCUT2D eigenvalue weighted by Gasteiger charge is -2.36. The molecule has 0 aliphatic carbocycles. The Morgan fingerprint density at radius 1 is 1.24 bits per heavy atom. The fourth-order valence-electron chi connectivity index (χ4n) is 3.68. The van der Waals surface area contributed by atoms with E-state index in [4.69, 9.17) is 4.74 Å². The molecule has 134 valence electrons. The smallest absolute Gasteiger partial charge is 0.225 e. The summed E-state index contributed by atoms with van der Waals surface area (Å²) in [6.07, 6.45) is 4.26.